The second-order valence-electron chi connectivity index (χ2n) is 5.20. The summed E-state index contributed by atoms with van der Waals surface area (Å²) in [5, 5.41) is 0.541. The molecule has 0 unspecified atom stereocenters. The zero-order valence-corrected chi connectivity index (χ0v) is 16.6. The molecule has 0 heterocycles. The van der Waals surface area contributed by atoms with Crippen LogP contribution >= 0.6 is 27.5 Å². The van der Waals surface area contributed by atoms with Crippen molar-refractivity contribution in [3.63, 3.8) is 0 Å². The molecule has 0 spiro atoms. The minimum absolute atomic E-state index is 0.160. The summed E-state index contributed by atoms with van der Waals surface area (Å²) in [6.07, 6.45) is 0. The van der Waals surface area contributed by atoms with Crippen LogP contribution in [0.2, 0.25) is 5.02 Å². The smallest absolute Gasteiger partial charge is 0.253 e. The number of para-hydroxylation sites is 1. The molecular formula is C18H19BrClNO4. The average molecular weight is 429 g/mol. The second-order valence-corrected chi connectivity index (χ2v) is 6.40. The highest BCUT2D eigenvalue weighted by Crippen LogP contribution is 2.35. The van der Waals surface area contributed by atoms with Gasteiger partial charge in [0.2, 0.25) is 0 Å². The van der Waals surface area contributed by atoms with E-state index in [4.69, 9.17) is 25.8 Å². The van der Waals surface area contributed by atoms with Crippen LogP contribution in [0.1, 0.15) is 10.4 Å². The molecular weight excluding hydrogens is 410 g/mol. The van der Waals surface area contributed by atoms with Crippen LogP contribution in [0.25, 0.3) is 0 Å². The van der Waals surface area contributed by atoms with Gasteiger partial charge in [0.05, 0.1) is 25.8 Å². The lowest BCUT2D eigenvalue weighted by Gasteiger charge is -2.19. The van der Waals surface area contributed by atoms with Crippen molar-refractivity contribution in [2.24, 2.45) is 0 Å². The van der Waals surface area contributed by atoms with Gasteiger partial charge in [-0.2, -0.15) is 0 Å². The number of rotatable bonds is 7. The molecule has 0 saturated heterocycles. The van der Waals surface area contributed by atoms with Crippen molar-refractivity contribution in [3.05, 3.63) is 51.5 Å². The minimum Gasteiger partial charge on any atom is -0.495 e. The van der Waals surface area contributed by atoms with Gasteiger partial charge in [0, 0.05) is 12.6 Å². The standard InChI is InChI=1S/C18H19BrClNO4/c1-21(8-9-25-14-7-5-4-6-13(14)20)18(22)12-10-15(23-2)17(19)16(11-12)24-3/h4-7,10-11H,8-9H2,1-3H3. The molecule has 2 rings (SSSR count). The lowest BCUT2D eigenvalue weighted by atomic mass is 10.1. The summed E-state index contributed by atoms with van der Waals surface area (Å²) >= 11 is 9.43. The summed E-state index contributed by atoms with van der Waals surface area (Å²) in [6.45, 7) is 0.738. The monoisotopic (exact) mass is 427 g/mol. The van der Waals surface area contributed by atoms with Crippen LogP contribution in [0.3, 0.4) is 0 Å². The molecule has 2 aromatic carbocycles. The lowest BCUT2D eigenvalue weighted by molar-refractivity contribution is 0.0773. The predicted octanol–water partition coefficient (Wildman–Crippen LogP) is 4.27. The first-order chi connectivity index (χ1) is 12.0. The van der Waals surface area contributed by atoms with Crippen molar-refractivity contribution in [1.82, 2.24) is 4.90 Å². The molecule has 2 aromatic rings. The predicted molar refractivity (Wildman–Crippen MR) is 101 cm³/mol. The first kappa shape index (κ1) is 19.4. The number of likely N-dealkylation sites (N-methyl/N-ethyl adjacent to an activating group) is 1. The molecule has 134 valence electrons. The first-order valence-corrected chi connectivity index (χ1v) is 8.69. The average Bonchev–Trinajstić information content (AvgIpc) is 2.62. The highest BCUT2D eigenvalue weighted by Gasteiger charge is 2.17. The topological polar surface area (TPSA) is 48.0 Å². The van der Waals surface area contributed by atoms with E-state index in [0.29, 0.717) is 45.5 Å². The van der Waals surface area contributed by atoms with E-state index in [1.807, 2.05) is 12.1 Å². The fourth-order valence-corrected chi connectivity index (χ4v) is 2.91. The lowest BCUT2D eigenvalue weighted by Crippen LogP contribution is -2.31. The van der Waals surface area contributed by atoms with Crippen LogP contribution in [0, 0.1) is 0 Å². The van der Waals surface area contributed by atoms with Crippen LogP contribution in [-0.4, -0.2) is 45.2 Å². The number of amides is 1. The van der Waals surface area contributed by atoms with Crippen molar-refractivity contribution in [3.8, 4) is 17.2 Å². The first-order valence-electron chi connectivity index (χ1n) is 7.52. The van der Waals surface area contributed by atoms with Gasteiger partial charge < -0.3 is 19.1 Å². The van der Waals surface area contributed by atoms with E-state index in [-0.39, 0.29) is 5.91 Å². The molecule has 5 nitrogen and oxygen atoms in total. The fraction of sp³-hybridized carbons (Fsp3) is 0.278. The van der Waals surface area contributed by atoms with Gasteiger partial charge in [-0.25, -0.2) is 0 Å². The Labute approximate surface area is 160 Å². The summed E-state index contributed by atoms with van der Waals surface area (Å²) in [7, 11) is 4.78. The molecule has 0 bridgehead atoms. The van der Waals surface area contributed by atoms with Gasteiger partial charge in [0.25, 0.3) is 5.91 Å². The zero-order chi connectivity index (χ0) is 18.4. The Hall–Kier alpha value is -1.92. The van der Waals surface area contributed by atoms with Crippen molar-refractivity contribution < 1.29 is 19.0 Å². The maximum atomic E-state index is 12.6. The molecule has 0 aliphatic carbocycles. The number of hydrogen-bond acceptors (Lipinski definition) is 4. The Kier molecular flexibility index (Phi) is 6.96. The van der Waals surface area contributed by atoms with Gasteiger partial charge in [0.15, 0.2) is 0 Å². The van der Waals surface area contributed by atoms with Crippen LogP contribution in [0.15, 0.2) is 40.9 Å². The maximum Gasteiger partial charge on any atom is 0.253 e. The molecule has 0 aliphatic rings. The summed E-state index contributed by atoms with van der Waals surface area (Å²) in [5.41, 5.74) is 0.470. The Morgan fingerprint density at radius 1 is 1.12 bits per heavy atom. The number of benzene rings is 2. The molecule has 0 saturated carbocycles. The third-order valence-electron chi connectivity index (χ3n) is 3.56. The Morgan fingerprint density at radius 3 is 2.28 bits per heavy atom. The van der Waals surface area contributed by atoms with E-state index in [9.17, 15) is 4.79 Å². The Morgan fingerprint density at radius 2 is 1.72 bits per heavy atom. The number of ether oxygens (including phenoxy) is 3. The Balaban J connectivity index is 2.03. The van der Waals surface area contributed by atoms with Crippen LogP contribution in [-0.2, 0) is 0 Å². The van der Waals surface area contributed by atoms with Crippen molar-refractivity contribution in [2.45, 2.75) is 0 Å². The number of carbonyl (C=O) groups excluding carboxylic acids is 1. The van der Waals surface area contributed by atoms with E-state index in [1.165, 1.54) is 14.2 Å². The maximum absolute atomic E-state index is 12.6. The quantitative estimate of drug-likeness (QED) is 0.661. The highest BCUT2D eigenvalue weighted by atomic mass is 79.9. The van der Waals surface area contributed by atoms with Gasteiger partial charge in [-0.15, -0.1) is 0 Å². The third kappa shape index (κ3) is 4.80. The van der Waals surface area contributed by atoms with Gasteiger partial charge in [-0.3, -0.25) is 4.79 Å². The number of nitrogens with zero attached hydrogens (tertiary/aromatic N) is 1. The number of halogens is 2. The number of hydrogen-bond donors (Lipinski definition) is 0. The molecule has 0 atom stereocenters. The van der Waals surface area contributed by atoms with E-state index in [0.717, 1.165) is 0 Å². The van der Waals surface area contributed by atoms with E-state index in [1.54, 1.807) is 36.2 Å². The van der Waals surface area contributed by atoms with Gasteiger partial charge >= 0.3 is 0 Å². The van der Waals surface area contributed by atoms with Gasteiger partial charge in [-0.05, 0) is 40.2 Å². The molecule has 0 radical (unpaired) electrons. The third-order valence-corrected chi connectivity index (χ3v) is 4.65. The van der Waals surface area contributed by atoms with Gasteiger partial charge in [-0.1, -0.05) is 23.7 Å². The largest absolute Gasteiger partial charge is 0.495 e. The summed E-state index contributed by atoms with van der Waals surface area (Å²) in [5.74, 6) is 1.50. The van der Waals surface area contributed by atoms with E-state index >= 15 is 0 Å². The van der Waals surface area contributed by atoms with Crippen LogP contribution < -0.4 is 14.2 Å². The van der Waals surface area contributed by atoms with Crippen LogP contribution in [0.4, 0.5) is 0 Å². The molecule has 1 amide bonds. The normalized spacial score (nSPS) is 10.3. The molecule has 0 aromatic heterocycles. The highest BCUT2D eigenvalue weighted by molar-refractivity contribution is 9.10. The SMILES string of the molecule is COc1cc(C(=O)N(C)CCOc2ccccc2Cl)cc(OC)c1Br. The summed E-state index contributed by atoms with van der Waals surface area (Å²) < 4.78 is 16.8. The zero-order valence-electron chi connectivity index (χ0n) is 14.2. The number of methoxy groups -OCH3 is 2. The van der Waals surface area contributed by atoms with E-state index < -0.39 is 0 Å². The van der Waals surface area contributed by atoms with Crippen molar-refractivity contribution in [2.75, 3.05) is 34.4 Å². The molecule has 0 aliphatic heterocycles. The van der Waals surface area contributed by atoms with Crippen LogP contribution in [0.5, 0.6) is 17.2 Å². The molecule has 25 heavy (non-hydrogen) atoms. The molecule has 0 fully saturated rings. The number of carbonyl (C=O) groups is 1. The van der Waals surface area contributed by atoms with Gasteiger partial charge in [0.1, 0.15) is 28.3 Å². The Bertz CT molecular complexity index is 729. The van der Waals surface area contributed by atoms with Crippen molar-refractivity contribution in [1.29, 1.82) is 0 Å². The molecule has 0 N–H and O–H groups in total. The summed E-state index contributed by atoms with van der Waals surface area (Å²) in [4.78, 5) is 14.2. The summed E-state index contributed by atoms with van der Waals surface area (Å²) in [6, 6.07) is 10.6. The fourth-order valence-electron chi connectivity index (χ4n) is 2.17. The van der Waals surface area contributed by atoms with E-state index in [2.05, 4.69) is 15.9 Å². The minimum atomic E-state index is -0.160. The van der Waals surface area contributed by atoms with Crippen molar-refractivity contribution >= 4 is 33.4 Å². The molecule has 7 heteroatoms. The second kappa shape index (κ2) is 8.97.